The Hall–Kier alpha value is -1.25. The number of hydrogen-bond donors (Lipinski definition) is 0. The molecule has 0 N–H and O–H groups in total. The van der Waals surface area contributed by atoms with E-state index in [0.29, 0.717) is 0 Å². The summed E-state index contributed by atoms with van der Waals surface area (Å²) in [5, 5.41) is 1.65. The van der Waals surface area contributed by atoms with Crippen LogP contribution in [-0.4, -0.2) is 17.1 Å². The van der Waals surface area contributed by atoms with Gasteiger partial charge in [0.25, 0.3) is 0 Å². The Morgan fingerprint density at radius 2 is 2.29 bits per heavy atom. The first-order chi connectivity index (χ1) is 6.81. The fraction of sp³-hybridized carbons (Fsp3) is 0.545. The minimum absolute atomic E-state index is 0.0802. The Kier molecular flexibility index (Phi) is 2.57. The highest BCUT2D eigenvalue weighted by molar-refractivity contribution is 5.74. The molecule has 0 bridgehead atoms. The lowest BCUT2D eigenvalue weighted by molar-refractivity contribution is -0.185. The highest BCUT2D eigenvalue weighted by Gasteiger charge is 2.33. The van der Waals surface area contributed by atoms with E-state index in [-0.39, 0.29) is 17.9 Å². The molecule has 1 heterocycles. The van der Waals surface area contributed by atoms with E-state index in [0.717, 1.165) is 19.3 Å². The maximum absolute atomic E-state index is 11.4. The molecule has 14 heavy (non-hydrogen) atoms. The molecule has 1 atom stereocenters. The summed E-state index contributed by atoms with van der Waals surface area (Å²) in [5.74, 6) is 0.0789. The van der Waals surface area contributed by atoms with Gasteiger partial charge in [-0.05, 0) is 25.3 Å². The zero-order chi connectivity index (χ0) is 9.97. The molecule has 1 unspecified atom stereocenters. The quantitative estimate of drug-likeness (QED) is 0.686. The van der Waals surface area contributed by atoms with Gasteiger partial charge >= 0.3 is 5.97 Å². The lowest BCUT2D eigenvalue weighted by Gasteiger charge is -2.27. The summed E-state index contributed by atoms with van der Waals surface area (Å²) in [4.78, 5) is 16.7. The lowest BCUT2D eigenvalue weighted by atomic mass is 10.2. The first-order valence-electron chi connectivity index (χ1n) is 5.16. The van der Waals surface area contributed by atoms with Crippen molar-refractivity contribution in [3.8, 4) is 0 Å². The first kappa shape index (κ1) is 9.31. The number of nitrogens with zero attached hydrogens (tertiary/aromatic N) is 1. The normalized spacial score (nSPS) is 25.2. The minimum atomic E-state index is -0.0802. The molecule has 3 heteroatoms. The van der Waals surface area contributed by atoms with Gasteiger partial charge in [-0.2, -0.15) is 0 Å². The van der Waals surface area contributed by atoms with Crippen LogP contribution < -0.4 is 0 Å². The van der Waals surface area contributed by atoms with Crippen molar-refractivity contribution < 1.29 is 9.63 Å². The van der Waals surface area contributed by atoms with Crippen molar-refractivity contribution in [2.24, 2.45) is 5.92 Å². The summed E-state index contributed by atoms with van der Waals surface area (Å²) >= 11 is 0. The largest absolute Gasteiger partial charge is 0.341 e. The van der Waals surface area contributed by atoms with E-state index in [9.17, 15) is 4.79 Å². The van der Waals surface area contributed by atoms with Gasteiger partial charge in [0.05, 0.1) is 12.0 Å². The maximum atomic E-state index is 11.4. The van der Waals surface area contributed by atoms with Gasteiger partial charge in [-0.3, -0.25) is 0 Å². The van der Waals surface area contributed by atoms with Crippen LogP contribution >= 0.6 is 0 Å². The van der Waals surface area contributed by atoms with Gasteiger partial charge in [-0.25, -0.2) is 9.86 Å². The molecule has 0 amide bonds. The van der Waals surface area contributed by atoms with Crippen LogP contribution in [0.25, 0.3) is 0 Å². The fourth-order valence-corrected chi connectivity index (χ4v) is 1.43. The molecule has 0 aromatic carbocycles. The fourth-order valence-electron chi connectivity index (χ4n) is 1.43. The molecule has 1 aliphatic carbocycles. The van der Waals surface area contributed by atoms with Crippen molar-refractivity contribution in [3.63, 3.8) is 0 Å². The molecular formula is C11H15NO2. The molecule has 1 aliphatic heterocycles. The van der Waals surface area contributed by atoms with Crippen LogP contribution in [0.5, 0.6) is 0 Å². The molecule has 1 saturated carbocycles. The summed E-state index contributed by atoms with van der Waals surface area (Å²) in [6.07, 6.45) is 10.6. The van der Waals surface area contributed by atoms with Crippen molar-refractivity contribution >= 4 is 5.97 Å². The second kappa shape index (κ2) is 3.86. The third-order valence-corrected chi connectivity index (χ3v) is 2.53. The van der Waals surface area contributed by atoms with E-state index in [1.54, 1.807) is 5.06 Å². The van der Waals surface area contributed by atoms with E-state index < -0.39 is 0 Å². The average molecular weight is 193 g/mol. The smallest absolute Gasteiger partial charge is 0.335 e. The molecule has 0 saturated heterocycles. The predicted octanol–water partition coefficient (Wildman–Crippen LogP) is 2.02. The van der Waals surface area contributed by atoms with E-state index in [1.807, 2.05) is 24.4 Å². The monoisotopic (exact) mass is 193 g/mol. The highest BCUT2D eigenvalue weighted by atomic mass is 16.7. The summed E-state index contributed by atoms with van der Waals surface area (Å²) in [7, 11) is 0. The van der Waals surface area contributed by atoms with E-state index in [2.05, 4.69) is 6.92 Å². The highest BCUT2D eigenvalue weighted by Crippen LogP contribution is 2.31. The summed E-state index contributed by atoms with van der Waals surface area (Å²) < 4.78 is 0. The van der Waals surface area contributed by atoms with Crippen LogP contribution in [0.3, 0.4) is 0 Å². The average Bonchev–Trinajstić information content (AvgIpc) is 3.02. The van der Waals surface area contributed by atoms with Gasteiger partial charge in [-0.15, -0.1) is 0 Å². The standard InChI is InChI=1S/C11H15NO2/c1-2-10-5-3-4-8-12(10)14-11(13)9-6-7-9/h3-5,8-10H,2,6-7H2,1H3. The minimum Gasteiger partial charge on any atom is -0.341 e. The van der Waals surface area contributed by atoms with Crippen LogP contribution in [0, 0.1) is 5.92 Å². The molecule has 0 radical (unpaired) electrons. The number of carbonyl (C=O) groups is 1. The zero-order valence-electron chi connectivity index (χ0n) is 8.35. The van der Waals surface area contributed by atoms with Crippen molar-refractivity contribution in [3.05, 3.63) is 24.4 Å². The molecule has 0 aromatic heterocycles. The number of allylic oxidation sites excluding steroid dienone is 2. The summed E-state index contributed by atoms with van der Waals surface area (Å²) in [6, 6.07) is 0.197. The molecule has 3 nitrogen and oxygen atoms in total. The van der Waals surface area contributed by atoms with E-state index >= 15 is 0 Å². The Bertz CT molecular complexity index is 279. The van der Waals surface area contributed by atoms with Crippen molar-refractivity contribution in [2.75, 3.05) is 0 Å². The number of carbonyl (C=O) groups excluding carboxylic acids is 1. The Morgan fingerprint density at radius 3 is 2.93 bits per heavy atom. The molecule has 1 fully saturated rings. The number of hydrogen-bond acceptors (Lipinski definition) is 3. The van der Waals surface area contributed by atoms with E-state index in [1.165, 1.54) is 0 Å². The molecule has 2 rings (SSSR count). The van der Waals surface area contributed by atoms with Crippen LogP contribution in [0.1, 0.15) is 26.2 Å². The van der Waals surface area contributed by atoms with Crippen molar-refractivity contribution in [1.82, 2.24) is 5.06 Å². The van der Waals surface area contributed by atoms with Crippen molar-refractivity contribution in [1.29, 1.82) is 0 Å². The second-order valence-corrected chi connectivity index (χ2v) is 3.75. The lowest BCUT2D eigenvalue weighted by Crippen LogP contribution is -2.32. The van der Waals surface area contributed by atoms with Gasteiger partial charge in [-0.1, -0.05) is 19.1 Å². The maximum Gasteiger partial charge on any atom is 0.335 e. The van der Waals surface area contributed by atoms with Gasteiger partial charge in [0.15, 0.2) is 0 Å². The van der Waals surface area contributed by atoms with Gasteiger partial charge in [0.1, 0.15) is 0 Å². The SMILES string of the molecule is CCC1C=CC=CN1OC(=O)C1CC1. The topological polar surface area (TPSA) is 29.5 Å². The summed E-state index contributed by atoms with van der Waals surface area (Å²) in [5.41, 5.74) is 0. The van der Waals surface area contributed by atoms with Gasteiger partial charge < -0.3 is 4.84 Å². The van der Waals surface area contributed by atoms with Crippen LogP contribution in [0.15, 0.2) is 24.4 Å². The molecule has 0 aromatic rings. The molecule has 2 aliphatic rings. The Balaban J connectivity index is 1.91. The summed E-state index contributed by atoms with van der Waals surface area (Å²) in [6.45, 7) is 2.08. The Morgan fingerprint density at radius 1 is 1.50 bits per heavy atom. The molecule has 76 valence electrons. The third kappa shape index (κ3) is 1.97. The van der Waals surface area contributed by atoms with Crippen LogP contribution in [0.2, 0.25) is 0 Å². The second-order valence-electron chi connectivity index (χ2n) is 3.75. The first-order valence-corrected chi connectivity index (χ1v) is 5.16. The van der Waals surface area contributed by atoms with Gasteiger partial charge in [0.2, 0.25) is 0 Å². The van der Waals surface area contributed by atoms with Gasteiger partial charge in [0, 0.05) is 6.20 Å². The zero-order valence-corrected chi connectivity index (χ0v) is 8.35. The van der Waals surface area contributed by atoms with E-state index in [4.69, 9.17) is 4.84 Å². The Labute approximate surface area is 84.0 Å². The number of hydroxylamine groups is 2. The van der Waals surface area contributed by atoms with Crippen LogP contribution in [0.4, 0.5) is 0 Å². The number of rotatable bonds is 3. The predicted molar refractivity (Wildman–Crippen MR) is 53.0 cm³/mol. The third-order valence-electron chi connectivity index (χ3n) is 2.53. The van der Waals surface area contributed by atoms with Crippen LogP contribution in [-0.2, 0) is 9.63 Å². The molecular weight excluding hydrogens is 178 g/mol. The van der Waals surface area contributed by atoms with Crippen molar-refractivity contribution in [2.45, 2.75) is 32.2 Å². The molecule has 0 spiro atoms.